The zero-order valence-corrected chi connectivity index (χ0v) is 15.6. The Kier molecular flexibility index (Phi) is 5.19. The Morgan fingerprint density at radius 1 is 1.10 bits per heavy atom. The summed E-state index contributed by atoms with van der Waals surface area (Å²) in [6.45, 7) is 0. The fourth-order valence-corrected chi connectivity index (χ4v) is 3.76. The summed E-state index contributed by atoms with van der Waals surface area (Å²) in [7, 11) is 0. The van der Waals surface area contributed by atoms with E-state index >= 15 is 0 Å². The van der Waals surface area contributed by atoms with Crippen LogP contribution in [-0.4, -0.2) is 37.5 Å². The maximum Gasteiger partial charge on any atom is 0.419 e. The Morgan fingerprint density at radius 2 is 1.90 bits per heavy atom. The maximum absolute atomic E-state index is 14.1. The van der Waals surface area contributed by atoms with Crippen LogP contribution in [0.2, 0.25) is 0 Å². The molecule has 0 bridgehead atoms. The normalized spacial score (nSPS) is 19.8. The third-order valence-electron chi connectivity index (χ3n) is 5.21. The third kappa shape index (κ3) is 3.87. The Balaban J connectivity index is 1.78. The molecule has 1 saturated carbocycles. The van der Waals surface area contributed by atoms with E-state index < -0.39 is 29.4 Å². The van der Waals surface area contributed by atoms with E-state index in [1.807, 2.05) is 0 Å². The molecule has 3 N–H and O–H groups in total. The van der Waals surface area contributed by atoms with Crippen LogP contribution in [0.3, 0.4) is 0 Å². The number of fused-ring (bicyclic) bond motifs is 1. The van der Waals surface area contributed by atoms with Gasteiger partial charge < -0.3 is 15.5 Å². The van der Waals surface area contributed by atoms with Crippen molar-refractivity contribution >= 4 is 16.6 Å². The number of phenols is 1. The van der Waals surface area contributed by atoms with Crippen molar-refractivity contribution in [1.29, 1.82) is 0 Å². The van der Waals surface area contributed by atoms with Gasteiger partial charge in [0, 0.05) is 34.8 Å². The summed E-state index contributed by atoms with van der Waals surface area (Å²) < 4.78 is 52.8. The summed E-state index contributed by atoms with van der Waals surface area (Å²) in [6, 6.07) is 2.49. The molecule has 0 radical (unpaired) electrons. The van der Waals surface area contributed by atoms with Crippen LogP contribution in [0.25, 0.3) is 22.0 Å². The number of hydrogen-bond acceptors (Lipinski definition) is 6. The number of hydrogen-bond donors (Lipinski definition) is 3. The number of halogens is 4. The van der Waals surface area contributed by atoms with E-state index in [2.05, 4.69) is 20.5 Å². The minimum absolute atomic E-state index is 0.0192. The van der Waals surface area contributed by atoms with E-state index in [1.165, 1.54) is 12.4 Å². The van der Waals surface area contributed by atoms with E-state index in [4.69, 9.17) is 0 Å². The summed E-state index contributed by atoms with van der Waals surface area (Å²) in [6.07, 6.45) is 0.619. The first kappa shape index (κ1) is 20.3. The minimum atomic E-state index is -4.93. The summed E-state index contributed by atoms with van der Waals surface area (Å²) >= 11 is 0. The Labute approximate surface area is 168 Å². The highest BCUT2D eigenvalue weighted by atomic mass is 19.4. The van der Waals surface area contributed by atoms with E-state index in [1.54, 1.807) is 6.07 Å². The molecular weight excluding hydrogens is 404 g/mol. The van der Waals surface area contributed by atoms with Crippen molar-refractivity contribution in [2.75, 3.05) is 5.32 Å². The van der Waals surface area contributed by atoms with Crippen molar-refractivity contribution in [1.82, 2.24) is 15.2 Å². The van der Waals surface area contributed by atoms with Gasteiger partial charge >= 0.3 is 6.18 Å². The summed E-state index contributed by atoms with van der Waals surface area (Å²) in [5.74, 6) is -1.88. The maximum atomic E-state index is 14.1. The number of nitrogens with zero attached hydrogens (tertiary/aromatic N) is 3. The largest absolute Gasteiger partial charge is 0.507 e. The summed E-state index contributed by atoms with van der Waals surface area (Å²) in [4.78, 5) is 4.06. The van der Waals surface area contributed by atoms with Crippen LogP contribution in [0.15, 0.2) is 30.6 Å². The molecule has 0 spiro atoms. The van der Waals surface area contributed by atoms with Gasteiger partial charge in [0.15, 0.2) is 5.82 Å². The topological polar surface area (TPSA) is 91.2 Å². The van der Waals surface area contributed by atoms with Gasteiger partial charge in [-0.05, 0) is 43.9 Å². The molecule has 3 aromatic rings. The molecule has 2 atom stereocenters. The number of phenolic OH excluding ortho intramolecular Hbond substituents is 1. The number of pyridine rings is 1. The van der Waals surface area contributed by atoms with Gasteiger partial charge in [0.2, 0.25) is 0 Å². The molecule has 6 nitrogen and oxygen atoms in total. The highest BCUT2D eigenvalue weighted by molar-refractivity contribution is 6.00. The second kappa shape index (κ2) is 7.67. The molecule has 30 heavy (non-hydrogen) atoms. The number of rotatable bonds is 3. The smallest absolute Gasteiger partial charge is 0.419 e. The molecule has 4 rings (SSSR count). The van der Waals surface area contributed by atoms with Crippen LogP contribution in [-0.2, 0) is 6.18 Å². The molecule has 0 amide bonds. The van der Waals surface area contributed by atoms with Gasteiger partial charge in [-0.3, -0.25) is 4.98 Å². The molecule has 10 heteroatoms. The monoisotopic (exact) mass is 422 g/mol. The van der Waals surface area contributed by atoms with E-state index in [9.17, 15) is 27.8 Å². The number of nitrogens with one attached hydrogen (secondary N) is 1. The first-order chi connectivity index (χ1) is 14.2. The Bertz CT molecular complexity index is 1090. The van der Waals surface area contributed by atoms with Crippen LogP contribution < -0.4 is 5.32 Å². The number of anilines is 1. The Hall–Kier alpha value is -3.01. The standard InChI is InChI=1S/C20H18F4N4O2/c21-16-7-13(17(30)8-15(16)20(22,23)24)18-12-4-5-25-9-14(12)19(28-27-18)26-10-2-1-3-11(29)6-10/h4-5,7-11,29-30H,1-3,6H2,(H,26,28)/t10-,11-/m1/s1. The Morgan fingerprint density at radius 3 is 2.63 bits per heavy atom. The van der Waals surface area contributed by atoms with Gasteiger partial charge in [0.25, 0.3) is 0 Å². The quantitative estimate of drug-likeness (QED) is 0.546. The zero-order valence-electron chi connectivity index (χ0n) is 15.6. The lowest BCUT2D eigenvalue weighted by Gasteiger charge is -2.27. The molecular formula is C20H18F4N4O2. The molecule has 1 fully saturated rings. The van der Waals surface area contributed by atoms with Crippen LogP contribution in [0.1, 0.15) is 31.2 Å². The molecule has 0 aliphatic heterocycles. The highest BCUT2D eigenvalue weighted by Crippen LogP contribution is 2.40. The van der Waals surface area contributed by atoms with Crippen molar-refractivity contribution < 1.29 is 27.8 Å². The van der Waals surface area contributed by atoms with Crippen LogP contribution in [0.4, 0.5) is 23.4 Å². The summed E-state index contributed by atoms with van der Waals surface area (Å²) in [5.41, 5.74) is -1.73. The first-order valence-corrected chi connectivity index (χ1v) is 9.39. The molecule has 2 aromatic heterocycles. The lowest BCUT2D eigenvalue weighted by Crippen LogP contribution is -2.30. The number of alkyl halides is 3. The van der Waals surface area contributed by atoms with Crippen molar-refractivity contribution in [2.45, 2.75) is 44.0 Å². The van der Waals surface area contributed by atoms with Crippen molar-refractivity contribution in [3.63, 3.8) is 0 Å². The van der Waals surface area contributed by atoms with Gasteiger partial charge in [-0.1, -0.05) is 0 Å². The SMILES string of the molecule is Oc1cc(C(F)(F)F)c(F)cc1-c1nnc(N[C@@H]2CCC[C@@H](O)C2)c2cnccc12. The number of aliphatic hydroxyl groups excluding tert-OH is 1. The van der Waals surface area contributed by atoms with Gasteiger partial charge in [-0.25, -0.2) is 4.39 Å². The second-order valence-corrected chi connectivity index (χ2v) is 7.33. The number of aromatic nitrogens is 3. The molecule has 2 heterocycles. The average molecular weight is 422 g/mol. The van der Waals surface area contributed by atoms with Gasteiger partial charge in [0.05, 0.1) is 11.7 Å². The number of aliphatic hydroxyl groups is 1. The molecule has 0 unspecified atom stereocenters. The van der Waals surface area contributed by atoms with Crippen molar-refractivity contribution in [2.24, 2.45) is 0 Å². The van der Waals surface area contributed by atoms with E-state index in [0.717, 1.165) is 19.3 Å². The first-order valence-electron chi connectivity index (χ1n) is 9.39. The lowest BCUT2D eigenvalue weighted by molar-refractivity contribution is -0.140. The number of aromatic hydroxyl groups is 1. The molecule has 158 valence electrons. The summed E-state index contributed by atoms with van der Waals surface area (Å²) in [5, 5.41) is 32.4. The van der Waals surface area contributed by atoms with Crippen LogP contribution in [0.5, 0.6) is 5.75 Å². The van der Waals surface area contributed by atoms with Gasteiger partial charge in [-0.15, -0.1) is 10.2 Å². The highest BCUT2D eigenvalue weighted by Gasteiger charge is 2.35. The third-order valence-corrected chi connectivity index (χ3v) is 5.21. The van der Waals surface area contributed by atoms with Crippen LogP contribution >= 0.6 is 0 Å². The van der Waals surface area contributed by atoms with Gasteiger partial charge in [0.1, 0.15) is 17.3 Å². The predicted molar refractivity (Wildman–Crippen MR) is 101 cm³/mol. The minimum Gasteiger partial charge on any atom is -0.507 e. The van der Waals surface area contributed by atoms with E-state index in [-0.39, 0.29) is 17.3 Å². The van der Waals surface area contributed by atoms with E-state index in [0.29, 0.717) is 35.1 Å². The van der Waals surface area contributed by atoms with Gasteiger partial charge in [-0.2, -0.15) is 13.2 Å². The molecule has 0 saturated heterocycles. The molecule has 1 aliphatic carbocycles. The van der Waals surface area contributed by atoms with Crippen molar-refractivity contribution in [3.8, 4) is 17.0 Å². The fraction of sp³-hybridized carbons (Fsp3) is 0.350. The molecule has 1 aromatic carbocycles. The second-order valence-electron chi connectivity index (χ2n) is 7.33. The van der Waals surface area contributed by atoms with Crippen LogP contribution in [0, 0.1) is 5.82 Å². The lowest BCUT2D eigenvalue weighted by atomic mass is 9.93. The predicted octanol–water partition coefficient (Wildman–Crippen LogP) is 4.27. The molecule has 1 aliphatic rings. The average Bonchev–Trinajstić information content (AvgIpc) is 2.69. The van der Waals surface area contributed by atoms with Crippen molar-refractivity contribution in [3.05, 3.63) is 42.0 Å². The number of benzene rings is 1. The zero-order chi connectivity index (χ0) is 21.5. The fourth-order valence-electron chi connectivity index (χ4n) is 3.76.